The van der Waals surface area contributed by atoms with Crippen LogP contribution in [0.1, 0.15) is 139 Å². The first kappa shape index (κ1) is 35.3. The van der Waals surface area contributed by atoms with Gasteiger partial charge in [-0.25, -0.2) is 0 Å². The van der Waals surface area contributed by atoms with E-state index in [1.54, 1.807) is 22.3 Å². The number of rotatable bonds is 2. The summed E-state index contributed by atoms with van der Waals surface area (Å²) in [5.41, 5.74) is 10.5. The molecule has 0 radical (unpaired) electrons. The van der Waals surface area contributed by atoms with E-state index in [9.17, 15) is 0 Å². The second-order valence-electron chi connectivity index (χ2n) is 21.4. The van der Waals surface area contributed by atoms with Crippen LogP contribution < -0.4 is 0 Å². The summed E-state index contributed by atoms with van der Waals surface area (Å²) >= 11 is 0. The van der Waals surface area contributed by atoms with Gasteiger partial charge in [0.05, 0.1) is 6.10 Å². The zero-order valence-corrected chi connectivity index (χ0v) is 34.9. The zero-order chi connectivity index (χ0) is 36.0. The molecule has 51 heavy (non-hydrogen) atoms. The Balaban J connectivity index is 0.000000141. The normalized spacial score (nSPS) is 44.4. The van der Waals surface area contributed by atoms with E-state index < -0.39 is 8.32 Å². The van der Waals surface area contributed by atoms with Crippen LogP contribution >= 0.6 is 0 Å². The van der Waals surface area contributed by atoms with Gasteiger partial charge in [-0.2, -0.15) is 0 Å². The molecule has 8 aliphatic rings. The Hall–Kier alpha value is -1.46. The lowest BCUT2D eigenvalue weighted by molar-refractivity contribution is -0.000249. The van der Waals surface area contributed by atoms with Gasteiger partial charge < -0.3 is 13.9 Å². The highest BCUT2D eigenvalue weighted by molar-refractivity contribution is 6.74. The summed E-state index contributed by atoms with van der Waals surface area (Å²) in [5, 5.41) is 0.274. The topological polar surface area (TPSA) is 34.3 Å². The first-order chi connectivity index (χ1) is 23.9. The number of benzene rings is 2. The SMILES string of the molecule is Cc1ccc2c(c1)C[C@@]13CC[C@@]4(C)[C@@H](CC[C@@H]4C)[C@]1(CC2)O3.Cc1ccc2c(c1)C[C@@]13CC[C@]4(C)[C@@H](O[Si](C)(C)C(C)(C)C)CC[C@H]4[C@]1(CC2)O3. The first-order valence-corrected chi connectivity index (χ1v) is 24.1. The molecule has 0 unspecified atom stereocenters. The summed E-state index contributed by atoms with van der Waals surface area (Å²) in [7, 11) is -1.76. The lowest BCUT2D eigenvalue weighted by Crippen LogP contribution is -2.53. The van der Waals surface area contributed by atoms with E-state index in [4.69, 9.17) is 13.9 Å². The molecule has 278 valence electrons. The number of hydrogen-bond donors (Lipinski definition) is 0. The summed E-state index contributed by atoms with van der Waals surface area (Å²) in [5.74, 6) is 2.34. The van der Waals surface area contributed by atoms with Crippen molar-refractivity contribution in [3.63, 3.8) is 0 Å². The Bertz CT molecular complexity index is 1740. The molecule has 0 amide bonds. The largest absolute Gasteiger partial charge is 0.413 e. The van der Waals surface area contributed by atoms with Crippen LogP contribution in [0.3, 0.4) is 0 Å². The molecule has 2 saturated heterocycles. The quantitative estimate of drug-likeness (QED) is 0.230. The van der Waals surface area contributed by atoms with Gasteiger partial charge in [-0.1, -0.05) is 89.1 Å². The lowest BCUT2D eigenvalue weighted by Gasteiger charge is -2.48. The van der Waals surface area contributed by atoms with E-state index in [0.717, 1.165) is 18.3 Å². The van der Waals surface area contributed by atoms with Gasteiger partial charge in [-0.3, -0.25) is 0 Å². The maximum atomic E-state index is 7.07. The van der Waals surface area contributed by atoms with E-state index in [2.05, 4.69) is 105 Å². The molecule has 10 rings (SSSR count). The lowest BCUT2D eigenvalue weighted by atomic mass is 9.57. The molecule has 2 aromatic rings. The number of fused-ring (bicyclic) bond motifs is 4. The molecule has 2 heterocycles. The standard InChI is InChI=1S/C26H40O2Si.C21H28O/c1-18-8-9-19-12-13-26-21-10-11-22(27-29(6,7)23(2,3)4)24(21,5)14-15-25(26,28-26)17-20(19)16-18;1-14-4-6-16-8-9-21-18-7-5-15(2)19(18,3)10-11-20(21,22-21)13-17(16)12-14/h8-9,16,21-22H,10-15,17H2,1-7H3;4,6,12,15,18H,5,7-11,13H2,1-3H3/t21-,22+,24+,25+,26+;15-,18+,19+,20-,21-/m10/s1. The number of epoxide rings is 2. The highest BCUT2D eigenvalue weighted by atomic mass is 28.4. The van der Waals surface area contributed by atoms with E-state index in [1.165, 1.54) is 94.6 Å². The van der Waals surface area contributed by atoms with Crippen molar-refractivity contribution in [2.24, 2.45) is 28.6 Å². The second kappa shape index (κ2) is 11.1. The fraction of sp³-hybridized carbons (Fsp3) is 0.745. The van der Waals surface area contributed by atoms with Gasteiger partial charge in [0.2, 0.25) is 0 Å². The smallest absolute Gasteiger partial charge is 0.192 e. The molecule has 0 N–H and O–H groups in total. The van der Waals surface area contributed by atoms with Crippen LogP contribution in [-0.4, -0.2) is 36.8 Å². The maximum Gasteiger partial charge on any atom is 0.192 e. The molecule has 6 aliphatic carbocycles. The minimum atomic E-state index is -1.76. The van der Waals surface area contributed by atoms with E-state index in [1.807, 2.05) is 0 Å². The highest BCUT2D eigenvalue weighted by Crippen LogP contribution is 2.74. The molecule has 0 aromatic heterocycles. The van der Waals surface area contributed by atoms with Gasteiger partial charge in [0.1, 0.15) is 22.4 Å². The van der Waals surface area contributed by atoms with Gasteiger partial charge in [0.15, 0.2) is 8.32 Å². The van der Waals surface area contributed by atoms with Crippen molar-refractivity contribution in [2.75, 3.05) is 0 Å². The van der Waals surface area contributed by atoms with Crippen LogP contribution in [0, 0.1) is 42.4 Å². The van der Waals surface area contributed by atoms with Gasteiger partial charge in [-0.15, -0.1) is 0 Å². The molecule has 0 bridgehead atoms. The van der Waals surface area contributed by atoms with Crippen LogP contribution in [0.2, 0.25) is 18.1 Å². The van der Waals surface area contributed by atoms with Crippen molar-refractivity contribution in [1.29, 1.82) is 0 Å². The van der Waals surface area contributed by atoms with Gasteiger partial charge in [0.25, 0.3) is 0 Å². The van der Waals surface area contributed by atoms with Gasteiger partial charge >= 0.3 is 0 Å². The molecule has 2 aliphatic heterocycles. The van der Waals surface area contributed by atoms with E-state index >= 15 is 0 Å². The second-order valence-corrected chi connectivity index (χ2v) is 26.2. The Labute approximate surface area is 311 Å². The van der Waals surface area contributed by atoms with Crippen LogP contribution in [-0.2, 0) is 39.6 Å². The molecule has 3 nitrogen and oxygen atoms in total. The fourth-order valence-corrected chi connectivity index (χ4v) is 15.0. The molecule has 6 fully saturated rings. The minimum Gasteiger partial charge on any atom is -0.413 e. The average Bonchev–Trinajstić information content (AvgIpc) is 3.84. The van der Waals surface area contributed by atoms with Crippen molar-refractivity contribution >= 4 is 8.32 Å². The predicted molar refractivity (Wildman–Crippen MR) is 211 cm³/mol. The van der Waals surface area contributed by atoms with Crippen molar-refractivity contribution in [3.8, 4) is 0 Å². The summed E-state index contributed by atoms with van der Waals surface area (Å²) in [6.07, 6.45) is 18.0. The summed E-state index contributed by atoms with van der Waals surface area (Å²) in [4.78, 5) is 0. The van der Waals surface area contributed by atoms with Crippen molar-refractivity contribution in [3.05, 3.63) is 69.8 Å². The molecule has 4 heteroatoms. The summed E-state index contributed by atoms with van der Waals surface area (Å²) in [6.45, 7) is 24.0. The van der Waals surface area contributed by atoms with Gasteiger partial charge in [-0.05, 0) is 160 Å². The maximum absolute atomic E-state index is 7.07. The van der Waals surface area contributed by atoms with Crippen LogP contribution in [0.5, 0.6) is 0 Å². The Morgan fingerprint density at radius 2 is 1.14 bits per heavy atom. The predicted octanol–water partition coefficient (Wildman–Crippen LogP) is 11.4. The van der Waals surface area contributed by atoms with Crippen LogP contribution in [0.4, 0.5) is 0 Å². The number of ether oxygens (including phenoxy) is 2. The zero-order valence-electron chi connectivity index (χ0n) is 33.9. The fourth-order valence-electron chi connectivity index (χ4n) is 13.6. The Morgan fingerprint density at radius 1 is 0.647 bits per heavy atom. The molecule has 10 atom stereocenters. The molecule has 0 spiro atoms. The average molecular weight is 709 g/mol. The third kappa shape index (κ3) is 4.90. The number of hydrogen-bond acceptors (Lipinski definition) is 3. The first-order valence-electron chi connectivity index (χ1n) is 21.2. The third-order valence-corrected chi connectivity index (χ3v) is 22.5. The molecule has 2 aromatic carbocycles. The van der Waals surface area contributed by atoms with E-state index in [-0.39, 0.29) is 32.9 Å². The number of aryl methyl sites for hydroxylation is 4. The minimum absolute atomic E-state index is 0.110. The van der Waals surface area contributed by atoms with E-state index in [0.29, 0.717) is 17.4 Å². The highest BCUT2D eigenvalue weighted by Gasteiger charge is 2.80. The molecule has 4 saturated carbocycles. The van der Waals surface area contributed by atoms with Gasteiger partial charge in [0, 0.05) is 12.8 Å². The molecular formula is C47H68O3Si. The summed E-state index contributed by atoms with van der Waals surface area (Å²) in [6, 6.07) is 14.2. The van der Waals surface area contributed by atoms with Crippen LogP contribution in [0.15, 0.2) is 36.4 Å². The van der Waals surface area contributed by atoms with Crippen molar-refractivity contribution in [2.45, 2.75) is 192 Å². The molecular weight excluding hydrogens is 641 g/mol. The van der Waals surface area contributed by atoms with Crippen LogP contribution in [0.25, 0.3) is 0 Å². The monoisotopic (exact) mass is 708 g/mol. The van der Waals surface area contributed by atoms with Crippen molar-refractivity contribution in [1.82, 2.24) is 0 Å². The Morgan fingerprint density at radius 3 is 1.67 bits per heavy atom. The third-order valence-electron chi connectivity index (χ3n) is 18.0. The Kier molecular flexibility index (Phi) is 7.65. The van der Waals surface area contributed by atoms with Crippen molar-refractivity contribution < 1.29 is 13.9 Å². The summed E-state index contributed by atoms with van der Waals surface area (Å²) < 4.78 is 20.7.